The van der Waals surface area contributed by atoms with Crippen LogP contribution in [0.2, 0.25) is 0 Å². The number of nitrogens with one attached hydrogen (secondary N) is 1. The number of likely N-dealkylation sites (tertiary alicyclic amines) is 1. The molecule has 0 aliphatic carbocycles. The zero-order chi connectivity index (χ0) is 22.6. The van der Waals surface area contributed by atoms with Gasteiger partial charge in [-0.3, -0.25) is 14.5 Å². The van der Waals surface area contributed by atoms with E-state index in [9.17, 15) is 9.59 Å². The minimum Gasteiger partial charge on any atom is -0.347 e. The van der Waals surface area contributed by atoms with Crippen molar-refractivity contribution in [2.24, 2.45) is 0 Å². The Labute approximate surface area is 193 Å². The normalized spacial score (nSPS) is 15.9. The molecule has 0 bridgehead atoms. The monoisotopic (exact) mass is 447 g/mol. The summed E-state index contributed by atoms with van der Waals surface area (Å²) in [6, 6.07) is 18.3. The first-order chi connectivity index (χ1) is 15.5. The number of benzene rings is 2. The lowest BCUT2D eigenvalue weighted by Crippen LogP contribution is -2.46. The Balaban J connectivity index is 1.33. The van der Waals surface area contributed by atoms with Gasteiger partial charge in [0.2, 0.25) is 0 Å². The number of Topliss-reactive ketones (excluding diaryl/α,β-unsaturated/α-hetero) is 1. The van der Waals surface area contributed by atoms with Crippen molar-refractivity contribution in [1.82, 2.24) is 15.2 Å². The molecule has 1 aliphatic heterocycles. The van der Waals surface area contributed by atoms with Gasteiger partial charge >= 0.3 is 0 Å². The molecule has 2 aromatic carbocycles. The highest BCUT2D eigenvalue weighted by molar-refractivity contribution is 7.09. The molecule has 4 rings (SSSR count). The van der Waals surface area contributed by atoms with E-state index >= 15 is 0 Å². The molecule has 1 aromatic heterocycles. The summed E-state index contributed by atoms with van der Waals surface area (Å²) < 4.78 is 0. The van der Waals surface area contributed by atoms with Crippen LogP contribution in [0.4, 0.5) is 0 Å². The van der Waals surface area contributed by atoms with Crippen molar-refractivity contribution >= 4 is 23.0 Å². The van der Waals surface area contributed by atoms with Gasteiger partial charge in [-0.25, -0.2) is 4.98 Å². The largest absolute Gasteiger partial charge is 0.347 e. The summed E-state index contributed by atoms with van der Waals surface area (Å²) in [7, 11) is 0. The van der Waals surface area contributed by atoms with E-state index in [1.165, 1.54) is 16.9 Å². The van der Waals surface area contributed by atoms with Crippen LogP contribution < -0.4 is 5.32 Å². The fourth-order valence-corrected chi connectivity index (χ4v) is 5.28. The van der Waals surface area contributed by atoms with Crippen LogP contribution >= 0.6 is 11.3 Å². The Hall–Kier alpha value is -2.83. The third-order valence-electron chi connectivity index (χ3n) is 6.39. The van der Waals surface area contributed by atoms with Gasteiger partial charge in [-0.2, -0.15) is 0 Å². The lowest BCUT2D eigenvalue weighted by atomic mass is 9.70. The van der Waals surface area contributed by atoms with Gasteiger partial charge in [-0.15, -0.1) is 11.3 Å². The van der Waals surface area contributed by atoms with Gasteiger partial charge in [0, 0.05) is 11.9 Å². The van der Waals surface area contributed by atoms with Gasteiger partial charge in [-0.05, 0) is 50.9 Å². The highest BCUT2D eigenvalue weighted by atomic mass is 32.1. The third kappa shape index (κ3) is 4.97. The highest BCUT2D eigenvalue weighted by Gasteiger charge is 2.40. The smallest absolute Gasteiger partial charge is 0.271 e. The average molecular weight is 448 g/mol. The molecule has 32 heavy (non-hydrogen) atoms. The van der Waals surface area contributed by atoms with Gasteiger partial charge in [0.15, 0.2) is 0 Å². The number of carbonyl (C=O) groups is 2. The molecule has 3 aromatic rings. The Morgan fingerprint density at radius 3 is 2.53 bits per heavy atom. The second-order valence-corrected chi connectivity index (χ2v) is 9.52. The van der Waals surface area contributed by atoms with Gasteiger partial charge < -0.3 is 5.32 Å². The first-order valence-electron chi connectivity index (χ1n) is 11.0. The molecule has 1 amide bonds. The standard InChI is InChI=1S/C26H29N3O2S/c1-19-7-6-8-21(15-19)16-27-25(31)23-18-32-24(28-23)17-29-13-11-26(12-14-29,20(2)30)22-9-4-3-5-10-22/h3-10,15,18H,11-14,16-17H2,1-2H3,(H,27,31). The molecule has 0 radical (unpaired) electrons. The molecule has 6 heteroatoms. The van der Waals surface area contributed by atoms with Crippen LogP contribution in [0.5, 0.6) is 0 Å². The van der Waals surface area contributed by atoms with Gasteiger partial charge in [-0.1, -0.05) is 60.2 Å². The lowest BCUT2D eigenvalue weighted by molar-refractivity contribution is -0.124. The summed E-state index contributed by atoms with van der Waals surface area (Å²) in [6.07, 6.45) is 1.61. The molecule has 0 atom stereocenters. The third-order valence-corrected chi connectivity index (χ3v) is 7.22. The number of nitrogens with zero attached hydrogens (tertiary/aromatic N) is 2. The number of hydrogen-bond acceptors (Lipinski definition) is 5. The minimum atomic E-state index is -0.387. The first-order valence-corrected chi connectivity index (χ1v) is 11.9. The van der Waals surface area contributed by atoms with E-state index < -0.39 is 0 Å². The molecule has 0 saturated carbocycles. The van der Waals surface area contributed by atoms with Crippen LogP contribution in [0.15, 0.2) is 60.0 Å². The molecule has 1 N–H and O–H groups in total. The van der Waals surface area contributed by atoms with Crippen molar-refractivity contribution in [3.63, 3.8) is 0 Å². The Morgan fingerprint density at radius 2 is 1.84 bits per heavy atom. The summed E-state index contributed by atoms with van der Waals surface area (Å²) in [5.41, 5.74) is 3.46. The predicted octanol–water partition coefficient (Wildman–Crippen LogP) is 4.50. The second-order valence-electron chi connectivity index (χ2n) is 8.58. The Bertz CT molecular complexity index is 1090. The molecular weight excluding hydrogens is 418 g/mol. The van der Waals surface area contributed by atoms with Crippen LogP contribution in [0, 0.1) is 6.92 Å². The number of hydrogen-bond donors (Lipinski definition) is 1. The van der Waals surface area contributed by atoms with E-state index in [4.69, 9.17) is 0 Å². The zero-order valence-corrected chi connectivity index (χ0v) is 19.5. The maximum atomic E-state index is 12.6. The number of amides is 1. The molecule has 1 saturated heterocycles. The molecule has 2 heterocycles. The van der Waals surface area contributed by atoms with Crippen molar-refractivity contribution < 1.29 is 9.59 Å². The van der Waals surface area contributed by atoms with Crippen LogP contribution in [-0.2, 0) is 23.3 Å². The SMILES string of the molecule is CC(=O)C1(c2ccccc2)CCN(Cc2nc(C(=O)NCc3cccc(C)c3)cs2)CC1. The first kappa shape index (κ1) is 22.4. The minimum absolute atomic E-state index is 0.146. The van der Waals surface area contributed by atoms with E-state index in [1.54, 1.807) is 6.92 Å². The van der Waals surface area contributed by atoms with E-state index in [0.717, 1.165) is 42.1 Å². The van der Waals surface area contributed by atoms with E-state index in [-0.39, 0.29) is 17.1 Å². The molecule has 0 spiro atoms. The average Bonchev–Trinajstić information content (AvgIpc) is 3.27. The molecule has 1 aliphatic rings. The van der Waals surface area contributed by atoms with Crippen LogP contribution in [-0.4, -0.2) is 34.7 Å². The summed E-state index contributed by atoms with van der Waals surface area (Å²) >= 11 is 1.52. The number of aryl methyl sites for hydroxylation is 1. The number of carbonyl (C=O) groups excluding carboxylic acids is 2. The molecular formula is C26H29N3O2S. The summed E-state index contributed by atoms with van der Waals surface area (Å²) in [4.78, 5) is 32.0. The maximum absolute atomic E-state index is 12.6. The number of ketones is 1. The van der Waals surface area contributed by atoms with E-state index in [0.29, 0.717) is 18.8 Å². The number of piperidine rings is 1. The van der Waals surface area contributed by atoms with Gasteiger partial charge in [0.1, 0.15) is 16.5 Å². The van der Waals surface area contributed by atoms with Crippen LogP contribution in [0.3, 0.4) is 0 Å². The topological polar surface area (TPSA) is 62.3 Å². The molecule has 166 valence electrons. The Kier molecular flexibility index (Phi) is 6.82. The van der Waals surface area contributed by atoms with E-state index in [2.05, 4.69) is 33.4 Å². The van der Waals surface area contributed by atoms with Crippen molar-refractivity contribution in [2.75, 3.05) is 13.1 Å². The lowest BCUT2D eigenvalue weighted by Gasteiger charge is -2.40. The molecule has 0 unspecified atom stereocenters. The fourth-order valence-electron chi connectivity index (χ4n) is 4.47. The molecule has 5 nitrogen and oxygen atoms in total. The van der Waals surface area contributed by atoms with E-state index in [1.807, 2.05) is 48.7 Å². The number of thiazole rings is 1. The van der Waals surface area contributed by atoms with Crippen molar-refractivity contribution in [3.05, 3.63) is 87.4 Å². The number of rotatable bonds is 7. The zero-order valence-electron chi connectivity index (χ0n) is 18.6. The van der Waals surface area contributed by atoms with Crippen LogP contribution in [0.1, 0.15) is 52.0 Å². The fraction of sp³-hybridized carbons (Fsp3) is 0.346. The van der Waals surface area contributed by atoms with Gasteiger partial charge in [0.25, 0.3) is 5.91 Å². The van der Waals surface area contributed by atoms with Crippen molar-refractivity contribution in [2.45, 2.75) is 45.2 Å². The molecule has 1 fully saturated rings. The second kappa shape index (κ2) is 9.76. The van der Waals surface area contributed by atoms with Crippen molar-refractivity contribution in [1.29, 1.82) is 0 Å². The summed E-state index contributed by atoms with van der Waals surface area (Å²) in [5, 5.41) is 5.71. The predicted molar refractivity (Wildman–Crippen MR) is 128 cm³/mol. The van der Waals surface area contributed by atoms with Crippen LogP contribution in [0.25, 0.3) is 0 Å². The Morgan fingerprint density at radius 1 is 1.09 bits per heavy atom. The van der Waals surface area contributed by atoms with Crippen molar-refractivity contribution in [3.8, 4) is 0 Å². The highest BCUT2D eigenvalue weighted by Crippen LogP contribution is 2.37. The summed E-state index contributed by atoms with van der Waals surface area (Å²) in [5.74, 6) is 0.0949. The van der Waals surface area contributed by atoms with Gasteiger partial charge in [0.05, 0.1) is 12.0 Å². The summed E-state index contributed by atoms with van der Waals surface area (Å²) in [6.45, 7) is 6.63. The quantitative estimate of drug-likeness (QED) is 0.579. The maximum Gasteiger partial charge on any atom is 0.271 e. The number of aromatic nitrogens is 1.